The molecule has 2 aliphatic heterocycles. The molecule has 2 saturated heterocycles. The van der Waals surface area contributed by atoms with Gasteiger partial charge >= 0.3 is 12.0 Å². The third-order valence-electron chi connectivity index (χ3n) is 11.5. The van der Waals surface area contributed by atoms with E-state index in [-0.39, 0.29) is 24.5 Å². The quantitative estimate of drug-likeness (QED) is 0.110. The molecule has 0 spiro atoms. The molecule has 0 aromatic rings. The molecule has 5 fully saturated rings. The molecule has 5 aliphatic rings. The first kappa shape index (κ1) is 37.0. The van der Waals surface area contributed by atoms with Crippen molar-refractivity contribution < 1.29 is 30.0 Å². The summed E-state index contributed by atoms with van der Waals surface area (Å²) >= 11 is 1.87. The molecule has 2 heterocycles. The van der Waals surface area contributed by atoms with Crippen LogP contribution in [0, 0.1) is 23.2 Å². The molecule has 0 unspecified atom stereocenters. The van der Waals surface area contributed by atoms with Gasteiger partial charge in [0.2, 0.25) is 0 Å². The van der Waals surface area contributed by atoms with Gasteiger partial charge in [0.25, 0.3) is 0 Å². The van der Waals surface area contributed by atoms with E-state index in [2.05, 4.69) is 43.2 Å². The molecule has 0 aromatic heterocycles. The van der Waals surface area contributed by atoms with Crippen LogP contribution < -0.4 is 10.6 Å². The number of unbranched alkanes of at least 4 members (excludes halogenated alkanes) is 1. The van der Waals surface area contributed by atoms with Gasteiger partial charge in [0.15, 0.2) is 0 Å². The summed E-state index contributed by atoms with van der Waals surface area (Å²) in [5.74, 6) is 2.34. The highest BCUT2D eigenvalue weighted by Gasteiger charge is 2.50. The van der Waals surface area contributed by atoms with E-state index in [4.69, 9.17) is 5.11 Å². The predicted molar refractivity (Wildman–Crippen MR) is 186 cm³/mol. The zero-order valence-electron chi connectivity index (χ0n) is 28.6. The van der Waals surface area contributed by atoms with Crippen LogP contribution in [0.15, 0.2) is 35.5 Å². The van der Waals surface area contributed by atoms with Crippen molar-refractivity contribution in [3.05, 3.63) is 35.5 Å². The van der Waals surface area contributed by atoms with Gasteiger partial charge in [-0.05, 0) is 106 Å². The standard InChI is InChI=1S/C27H44O3.C10H16N2O3S/c1-18(8-6-14-26(3,4)30)23-12-13-24-20(9-7-15-27(23,24)5)10-11-21-16-22(28)17-25(29)19(21)2;13-8(14)4-2-1-3-7-9-6(5-16-7)11-10(15)12-9/h10-11,18,22-25,28-30H,2,6-9,12-17H2,1,3-5H3;6-7,9H,1-5H2,(H,13,14)(H2,11,12,15)/b20-10+,21-11-;/t18-,22-,23-,24+,25+,27-;6-,7-,9-/m10/s1. The van der Waals surface area contributed by atoms with Gasteiger partial charge in [0, 0.05) is 23.8 Å². The normalized spacial score (nSPS) is 36.5. The third kappa shape index (κ3) is 9.64. The Morgan fingerprint density at radius 3 is 2.65 bits per heavy atom. The van der Waals surface area contributed by atoms with Crippen LogP contribution in [-0.4, -0.2) is 73.3 Å². The van der Waals surface area contributed by atoms with E-state index >= 15 is 0 Å². The molecule has 2 amide bonds. The Balaban J connectivity index is 0.000000252. The minimum atomic E-state index is -0.729. The van der Waals surface area contributed by atoms with Gasteiger partial charge in [-0.3, -0.25) is 4.79 Å². The van der Waals surface area contributed by atoms with E-state index in [0.717, 1.165) is 54.9 Å². The number of rotatable bonds is 11. The summed E-state index contributed by atoms with van der Waals surface area (Å²) in [4.78, 5) is 21.5. The number of hydrogen-bond acceptors (Lipinski definition) is 6. The molecular formula is C37H60N2O6S. The monoisotopic (exact) mass is 660 g/mol. The lowest BCUT2D eigenvalue weighted by Gasteiger charge is -2.44. The van der Waals surface area contributed by atoms with Crippen LogP contribution >= 0.6 is 11.8 Å². The van der Waals surface area contributed by atoms with E-state index in [1.54, 1.807) is 5.57 Å². The van der Waals surface area contributed by atoms with Crippen LogP contribution in [0.3, 0.4) is 0 Å². The number of carbonyl (C=O) groups is 2. The van der Waals surface area contributed by atoms with Crippen molar-refractivity contribution in [2.75, 3.05) is 5.75 Å². The summed E-state index contributed by atoms with van der Waals surface area (Å²) in [6.07, 6.45) is 16.7. The summed E-state index contributed by atoms with van der Waals surface area (Å²) in [6, 6.07) is 0.440. The fourth-order valence-electron chi connectivity index (χ4n) is 9.00. The second-order valence-electron chi connectivity index (χ2n) is 15.6. The summed E-state index contributed by atoms with van der Waals surface area (Å²) in [6.45, 7) is 12.8. The summed E-state index contributed by atoms with van der Waals surface area (Å²) < 4.78 is 0. The number of thioether (sulfide) groups is 1. The number of carboxylic acids is 1. The molecule has 0 radical (unpaired) electrons. The van der Waals surface area contributed by atoms with Gasteiger partial charge in [0.1, 0.15) is 0 Å². The van der Waals surface area contributed by atoms with Gasteiger partial charge in [-0.2, -0.15) is 11.8 Å². The van der Waals surface area contributed by atoms with Crippen molar-refractivity contribution in [3.8, 4) is 0 Å². The maximum Gasteiger partial charge on any atom is 0.315 e. The fourth-order valence-corrected chi connectivity index (χ4v) is 10.5. The number of carbonyl (C=O) groups excluding carboxylic acids is 1. The topological polar surface area (TPSA) is 139 Å². The van der Waals surface area contributed by atoms with Crippen LogP contribution in [0.5, 0.6) is 0 Å². The van der Waals surface area contributed by atoms with Crippen molar-refractivity contribution in [2.45, 2.75) is 153 Å². The Kier molecular flexibility index (Phi) is 12.9. The SMILES string of the molecule is C=C1/C(=C\C=C2/CCC[C@]3(C)[C@@H]([C@H](C)CCCC(C)(C)O)CC[C@@H]23)C[C@@H](O)C[C@@H]1O.O=C(O)CCCC[C@@H]1SC[C@@H]2NC(=O)N[C@@H]21. The van der Waals surface area contributed by atoms with Crippen LogP contribution in [0.2, 0.25) is 0 Å². The van der Waals surface area contributed by atoms with Gasteiger partial charge in [-0.25, -0.2) is 4.79 Å². The number of allylic oxidation sites excluding steroid dienone is 3. The second kappa shape index (κ2) is 16.1. The number of aliphatic hydroxyl groups is 3. The van der Waals surface area contributed by atoms with E-state index in [1.807, 2.05) is 25.6 Å². The second-order valence-corrected chi connectivity index (χ2v) is 16.9. The minimum Gasteiger partial charge on any atom is -0.481 e. The first-order chi connectivity index (χ1) is 21.7. The molecule has 8 nitrogen and oxygen atoms in total. The lowest BCUT2D eigenvalue weighted by atomic mass is 9.60. The maximum absolute atomic E-state index is 11.1. The molecule has 0 aromatic carbocycles. The Bertz CT molecular complexity index is 1150. The number of aliphatic carboxylic acids is 1. The van der Waals surface area contributed by atoms with Crippen molar-refractivity contribution in [2.24, 2.45) is 23.2 Å². The number of hydrogen-bond donors (Lipinski definition) is 6. The van der Waals surface area contributed by atoms with Crippen molar-refractivity contribution in [3.63, 3.8) is 0 Å². The Morgan fingerprint density at radius 1 is 1.17 bits per heavy atom. The highest BCUT2D eigenvalue weighted by atomic mass is 32.2. The first-order valence-electron chi connectivity index (χ1n) is 17.8. The van der Waals surface area contributed by atoms with Gasteiger partial charge < -0.3 is 31.1 Å². The lowest BCUT2D eigenvalue weighted by molar-refractivity contribution is -0.137. The van der Waals surface area contributed by atoms with Crippen LogP contribution in [0.1, 0.15) is 118 Å². The Labute approximate surface area is 281 Å². The number of urea groups is 1. The molecule has 260 valence electrons. The maximum atomic E-state index is 11.1. The molecule has 3 saturated carbocycles. The van der Waals surface area contributed by atoms with E-state index in [0.29, 0.717) is 35.3 Å². The average molecular weight is 661 g/mol. The van der Waals surface area contributed by atoms with Crippen molar-refractivity contribution in [1.82, 2.24) is 10.6 Å². The Hall–Kier alpha value is -1.81. The van der Waals surface area contributed by atoms with Gasteiger partial charge in [-0.1, -0.05) is 57.4 Å². The van der Waals surface area contributed by atoms with Crippen molar-refractivity contribution >= 4 is 23.8 Å². The largest absolute Gasteiger partial charge is 0.481 e. The third-order valence-corrected chi connectivity index (χ3v) is 13.0. The molecule has 3 aliphatic carbocycles. The van der Waals surface area contributed by atoms with Gasteiger partial charge in [0.05, 0.1) is 29.9 Å². The number of amides is 2. The molecule has 9 heteroatoms. The zero-order valence-corrected chi connectivity index (χ0v) is 29.4. The highest BCUT2D eigenvalue weighted by molar-refractivity contribution is 8.00. The van der Waals surface area contributed by atoms with Crippen LogP contribution in [-0.2, 0) is 4.79 Å². The van der Waals surface area contributed by atoms with Crippen molar-refractivity contribution in [1.29, 1.82) is 0 Å². The van der Waals surface area contributed by atoms with E-state index in [9.17, 15) is 24.9 Å². The lowest BCUT2D eigenvalue weighted by Crippen LogP contribution is -2.36. The number of aliphatic hydroxyl groups excluding tert-OH is 2. The fraction of sp³-hybridized carbons (Fsp3) is 0.784. The number of nitrogens with one attached hydrogen (secondary N) is 2. The van der Waals surface area contributed by atoms with E-state index < -0.39 is 23.8 Å². The van der Waals surface area contributed by atoms with Gasteiger partial charge in [-0.15, -0.1) is 0 Å². The first-order valence-corrected chi connectivity index (χ1v) is 18.8. The average Bonchev–Trinajstić information content (AvgIpc) is 3.63. The smallest absolute Gasteiger partial charge is 0.315 e. The summed E-state index contributed by atoms with van der Waals surface area (Å²) in [7, 11) is 0. The highest BCUT2D eigenvalue weighted by Crippen LogP contribution is 2.60. The molecule has 0 bridgehead atoms. The number of carboxylic acid groups (broad SMARTS) is 1. The molecular weight excluding hydrogens is 600 g/mol. The zero-order chi connectivity index (χ0) is 33.6. The molecule has 9 atom stereocenters. The van der Waals surface area contributed by atoms with Crippen LogP contribution in [0.4, 0.5) is 4.79 Å². The summed E-state index contributed by atoms with van der Waals surface area (Å²) in [5.41, 5.74) is 3.17. The Morgan fingerprint density at radius 2 is 1.93 bits per heavy atom. The molecule has 5 rings (SSSR count). The van der Waals surface area contributed by atoms with Crippen LogP contribution in [0.25, 0.3) is 0 Å². The minimum absolute atomic E-state index is 0.0640. The molecule has 46 heavy (non-hydrogen) atoms. The summed E-state index contributed by atoms with van der Waals surface area (Å²) in [5, 5.41) is 45.0. The molecule has 6 N–H and O–H groups in total. The number of fused-ring (bicyclic) bond motifs is 2. The predicted octanol–water partition coefficient (Wildman–Crippen LogP) is 6.50. The van der Waals surface area contributed by atoms with E-state index in [1.165, 1.54) is 38.5 Å².